The maximum atomic E-state index is 11.3. The van der Waals surface area contributed by atoms with Gasteiger partial charge in [0.2, 0.25) is 5.91 Å². The predicted octanol–water partition coefficient (Wildman–Crippen LogP) is 0.0497. The molecule has 0 saturated carbocycles. The molecule has 1 heterocycles. The van der Waals surface area contributed by atoms with Crippen molar-refractivity contribution in [3.63, 3.8) is 0 Å². The largest absolute Gasteiger partial charge is 0.298 e. The molecule has 1 fully saturated rings. The maximum Gasteiger partial charge on any atom is 0.238 e. The van der Waals surface area contributed by atoms with Crippen molar-refractivity contribution in [3.05, 3.63) is 0 Å². The Balaban J connectivity index is 2.45. The van der Waals surface area contributed by atoms with Gasteiger partial charge in [0.05, 0.1) is 5.92 Å². The lowest BCUT2D eigenvalue weighted by Crippen LogP contribution is -2.48. The summed E-state index contributed by atoms with van der Waals surface area (Å²) in [4.78, 5) is 13.7. The first-order valence-electron chi connectivity index (χ1n) is 4.99. The first-order chi connectivity index (χ1) is 6.66. The van der Waals surface area contributed by atoms with Crippen LogP contribution in [-0.4, -0.2) is 41.4 Å². The second-order valence-corrected chi connectivity index (χ2v) is 4.91. The van der Waals surface area contributed by atoms with Crippen LogP contribution in [0.2, 0.25) is 0 Å². The van der Waals surface area contributed by atoms with Crippen LogP contribution in [-0.2, 0) is 4.79 Å². The lowest BCUT2D eigenvalue weighted by molar-refractivity contribution is -0.126. The molecule has 1 amide bonds. The van der Waals surface area contributed by atoms with E-state index in [1.54, 1.807) is 0 Å². The van der Waals surface area contributed by atoms with Gasteiger partial charge >= 0.3 is 0 Å². The number of hydrogen-bond donors (Lipinski definition) is 2. The monoisotopic (exact) mass is 217 g/mol. The smallest absolute Gasteiger partial charge is 0.238 e. The fourth-order valence-corrected chi connectivity index (χ4v) is 2.58. The zero-order valence-corrected chi connectivity index (χ0v) is 9.64. The summed E-state index contributed by atoms with van der Waals surface area (Å²) in [6.07, 6.45) is 0. The molecule has 4 nitrogen and oxygen atoms in total. The zero-order valence-electron chi connectivity index (χ0n) is 8.82. The lowest BCUT2D eigenvalue weighted by atomic mass is 10.0. The molecule has 2 unspecified atom stereocenters. The Bertz CT molecular complexity index is 194. The van der Waals surface area contributed by atoms with Gasteiger partial charge in [-0.25, -0.2) is 5.84 Å². The van der Waals surface area contributed by atoms with E-state index in [0.29, 0.717) is 0 Å². The van der Waals surface area contributed by atoms with Gasteiger partial charge in [0.25, 0.3) is 0 Å². The highest BCUT2D eigenvalue weighted by Gasteiger charge is 2.25. The minimum atomic E-state index is -0.0734. The summed E-state index contributed by atoms with van der Waals surface area (Å²) in [5.41, 5.74) is 2.21. The van der Waals surface area contributed by atoms with Crippen LogP contribution in [0.15, 0.2) is 0 Å². The topological polar surface area (TPSA) is 58.4 Å². The highest BCUT2D eigenvalue weighted by atomic mass is 32.2. The van der Waals surface area contributed by atoms with Crippen molar-refractivity contribution < 1.29 is 4.79 Å². The average Bonchev–Trinajstić information content (AvgIpc) is 2.27. The molecule has 0 aromatic heterocycles. The molecule has 0 aliphatic carbocycles. The fourth-order valence-electron chi connectivity index (χ4n) is 1.65. The molecule has 82 valence electrons. The minimum absolute atomic E-state index is 0.0388. The van der Waals surface area contributed by atoms with E-state index in [1.807, 2.05) is 18.7 Å². The van der Waals surface area contributed by atoms with Crippen LogP contribution in [0, 0.1) is 5.92 Å². The Morgan fingerprint density at radius 3 is 2.50 bits per heavy atom. The summed E-state index contributed by atoms with van der Waals surface area (Å²) < 4.78 is 0. The molecule has 1 aliphatic heterocycles. The molecule has 5 heteroatoms. The molecule has 0 bridgehead atoms. The van der Waals surface area contributed by atoms with E-state index < -0.39 is 0 Å². The van der Waals surface area contributed by atoms with Crippen LogP contribution in [0.5, 0.6) is 0 Å². The standard InChI is InChI=1S/C9H19N3OS/c1-7(9(13)11-10)8(2)12-3-5-14-6-4-12/h7-8H,3-6,10H2,1-2H3,(H,11,13). The van der Waals surface area contributed by atoms with Gasteiger partial charge in [0, 0.05) is 30.6 Å². The second kappa shape index (κ2) is 5.58. The third kappa shape index (κ3) is 2.87. The Labute approximate surface area is 89.6 Å². The number of nitrogens with one attached hydrogen (secondary N) is 1. The number of hydrogen-bond acceptors (Lipinski definition) is 4. The average molecular weight is 217 g/mol. The SMILES string of the molecule is CC(C(=O)NN)C(C)N1CCSCC1. The van der Waals surface area contributed by atoms with Crippen molar-refractivity contribution in [1.82, 2.24) is 10.3 Å². The molecule has 2 atom stereocenters. The number of carbonyl (C=O) groups is 1. The number of thioether (sulfide) groups is 1. The van der Waals surface area contributed by atoms with Gasteiger partial charge in [0.1, 0.15) is 0 Å². The summed E-state index contributed by atoms with van der Waals surface area (Å²) >= 11 is 1.98. The molecular weight excluding hydrogens is 198 g/mol. The third-order valence-corrected chi connectivity index (χ3v) is 3.84. The summed E-state index contributed by atoms with van der Waals surface area (Å²) in [5.74, 6) is 7.34. The molecule has 0 radical (unpaired) electrons. The van der Waals surface area contributed by atoms with Crippen molar-refractivity contribution in [1.29, 1.82) is 0 Å². The van der Waals surface area contributed by atoms with E-state index in [0.717, 1.165) is 13.1 Å². The van der Waals surface area contributed by atoms with Crippen LogP contribution >= 0.6 is 11.8 Å². The van der Waals surface area contributed by atoms with Crippen LogP contribution in [0.1, 0.15) is 13.8 Å². The quantitative estimate of drug-likeness (QED) is 0.398. The molecule has 0 aromatic rings. The van der Waals surface area contributed by atoms with Crippen LogP contribution in [0.4, 0.5) is 0 Å². The van der Waals surface area contributed by atoms with E-state index in [-0.39, 0.29) is 17.9 Å². The molecule has 1 aliphatic rings. The molecule has 1 saturated heterocycles. The van der Waals surface area contributed by atoms with Gasteiger partial charge in [0.15, 0.2) is 0 Å². The summed E-state index contributed by atoms with van der Waals surface area (Å²) in [5, 5.41) is 0. The third-order valence-electron chi connectivity index (χ3n) is 2.90. The molecule has 14 heavy (non-hydrogen) atoms. The normalized spacial score (nSPS) is 22.8. The highest BCUT2D eigenvalue weighted by Crippen LogP contribution is 2.16. The first-order valence-corrected chi connectivity index (χ1v) is 6.14. The van der Waals surface area contributed by atoms with Gasteiger partial charge in [-0.15, -0.1) is 0 Å². The fraction of sp³-hybridized carbons (Fsp3) is 0.889. The first kappa shape index (κ1) is 11.8. The highest BCUT2D eigenvalue weighted by molar-refractivity contribution is 7.99. The van der Waals surface area contributed by atoms with E-state index in [9.17, 15) is 4.79 Å². The number of carbonyl (C=O) groups excluding carboxylic acids is 1. The van der Waals surface area contributed by atoms with Gasteiger partial charge in [-0.05, 0) is 6.92 Å². The van der Waals surface area contributed by atoms with Gasteiger partial charge in [-0.1, -0.05) is 6.92 Å². The number of rotatable bonds is 3. The number of nitrogens with zero attached hydrogens (tertiary/aromatic N) is 1. The number of amides is 1. The Hall–Kier alpha value is -0.260. The zero-order chi connectivity index (χ0) is 10.6. The maximum absolute atomic E-state index is 11.3. The van der Waals surface area contributed by atoms with Crippen molar-refractivity contribution in [3.8, 4) is 0 Å². The van der Waals surface area contributed by atoms with Crippen molar-refractivity contribution in [2.45, 2.75) is 19.9 Å². The second-order valence-electron chi connectivity index (χ2n) is 3.69. The molecular formula is C9H19N3OS. The Morgan fingerprint density at radius 2 is 2.00 bits per heavy atom. The van der Waals surface area contributed by atoms with Crippen LogP contribution in [0.3, 0.4) is 0 Å². The van der Waals surface area contributed by atoms with Crippen LogP contribution < -0.4 is 11.3 Å². The van der Waals surface area contributed by atoms with Crippen molar-refractivity contribution >= 4 is 17.7 Å². The van der Waals surface area contributed by atoms with E-state index in [4.69, 9.17) is 5.84 Å². The van der Waals surface area contributed by atoms with Gasteiger partial charge in [-0.3, -0.25) is 15.1 Å². The van der Waals surface area contributed by atoms with Crippen molar-refractivity contribution in [2.75, 3.05) is 24.6 Å². The Kier molecular flexibility index (Phi) is 4.71. The van der Waals surface area contributed by atoms with Gasteiger partial charge < -0.3 is 0 Å². The molecule has 3 N–H and O–H groups in total. The molecule has 0 spiro atoms. The van der Waals surface area contributed by atoms with E-state index in [2.05, 4.69) is 17.2 Å². The van der Waals surface area contributed by atoms with E-state index in [1.165, 1.54) is 11.5 Å². The van der Waals surface area contributed by atoms with Crippen molar-refractivity contribution in [2.24, 2.45) is 11.8 Å². The minimum Gasteiger partial charge on any atom is -0.298 e. The van der Waals surface area contributed by atoms with Crippen LogP contribution in [0.25, 0.3) is 0 Å². The lowest BCUT2D eigenvalue weighted by Gasteiger charge is -2.34. The molecule has 1 rings (SSSR count). The molecule has 0 aromatic carbocycles. The number of hydrazine groups is 1. The van der Waals surface area contributed by atoms with E-state index >= 15 is 0 Å². The van der Waals surface area contributed by atoms with Gasteiger partial charge in [-0.2, -0.15) is 11.8 Å². The summed E-state index contributed by atoms with van der Waals surface area (Å²) in [6.45, 7) is 6.17. The Morgan fingerprint density at radius 1 is 1.43 bits per heavy atom. The number of nitrogens with two attached hydrogens (primary N) is 1. The predicted molar refractivity (Wildman–Crippen MR) is 59.9 cm³/mol. The summed E-state index contributed by atoms with van der Waals surface area (Å²) in [6, 6.07) is 0.277. The summed E-state index contributed by atoms with van der Waals surface area (Å²) in [7, 11) is 0.